The van der Waals surface area contributed by atoms with Crippen LogP contribution in [-0.2, 0) is 24.0 Å². The van der Waals surface area contributed by atoms with Crippen LogP contribution in [0.2, 0.25) is 0 Å². The van der Waals surface area contributed by atoms with Gasteiger partial charge in [-0.15, -0.1) is 0 Å². The minimum absolute atomic E-state index is 0.0384. The van der Waals surface area contributed by atoms with Gasteiger partial charge in [-0.2, -0.15) is 0 Å². The van der Waals surface area contributed by atoms with Gasteiger partial charge in [-0.05, 0) is 38.6 Å². The SMILES string of the molecule is CC(=O)N(O)CCCNC(=O)CCC(=O)N(O)CCCCCNC(=O)CCC(=O)N(O)CCCN. The van der Waals surface area contributed by atoms with E-state index in [2.05, 4.69) is 10.6 Å². The van der Waals surface area contributed by atoms with Crippen LogP contribution in [0.3, 0.4) is 0 Å². The van der Waals surface area contributed by atoms with E-state index < -0.39 is 17.7 Å². The van der Waals surface area contributed by atoms with Crippen molar-refractivity contribution in [3.05, 3.63) is 0 Å². The summed E-state index contributed by atoms with van der Waals surface area (Å²) in [6.45, 7) is 2.48. The van der Waals surface area contributed by atoms with E-state index >= 15 is 0 Å². The third-order valence-corrected chi connectivity index (χ3v) is 4.88. The standard InChI is InChI=1S/C21H40N6O8/c1-17(28)25(33)16-6-13-24-19(30)8-9-20(31)26(34)14-4-2-3-12-23-18(29)7-10-21(32)27(35)15-5-11-22/h33-35H,2-16,22H2,1H3,(H,23,29)(H,24,30). The van der Waals surface area contributed by atoms with E-state index in [4.69, 9.17) is 5.73 Å². The number of hydrogen-bond acceptors (Lipinski definition) is 9. The van der Waals surface area contributed by atoms with Crippen molar-refractivity contribution in [2.45, 2.75) is 64.7 Å². The number of amides is 5. The van der Waals surface area contributed by atoms with Crippen LogP contribution in [-0.4, -0.2) is 99.6 Å². The lowest BCUT2D eigenvalue weighted by molar-refractivity contribution is -0.166. The summed E-state index contributed by atoms with van der Waals surface area (Å²) in [5.41, 5.74) is 5.30. The maximum Gasteiger partial charge on any atom is 0.246 e. The van der Waals surface area contributed by atoms with Crippen LogP contribution in [0.25, 0.3) is 0 Å². The van der Waals surface area contributed by atoms with Gasteiger partial charge in [0.2, 0.25) is 29.5 Å². The lowest BCUT2D eigenvalue weighted by Gasteiger charge is -2.15. The first kappa shape index (κ1) is 32.2. The Morgan fingerprint density at radius 2 is 1.09 bits per heavy atom. The average molecular weight is 505 g/mol. The highest BCUT2D eigenvalue weighted by atomic mass is 16.5. The first-order valence-corrected chi connectivity index (χ1v) is 11.8. The summed E-state index contributed by atoms with van der Waals surface area (Å²) in [5.74, 6) is -2.30. The van der Waals surface area contributed by atoms with Gasteiger partial charge in [-0.1, -0.05) is 0 Å². The summed E-state index contributed by atoms with van der Waals surface area (Å²) in [6, 6.07) is 0. The third-order valence-electron chi connectivity index (χ3n) is 4.88. The summed E-state index contributed by atoms with van der Waals surface area (Å²) in [5, 5.41) is 35.4. The van der Waals surface area contributed by atoms with Crippen LogP contribution >= 0.6 is 0 Å². The second-order valence-corrected chi connectivity index (χ2v) is 7.93. The van der Waals surface area contributed by atoms with E-state index in [-0.39, 0.29) is 63.7 Å². The minimum Gasteiger partial charge on any atom is -0.356 e. The van der Waals surface area contributed by atoms with E-state index in [0.29, 0.717) is 60.4 Å². The lowest BCUT2D eigenvalue weighted by Crippen LogP contribution is -2.32. The van der Waals surface area contributed by atoms with Gasteiger partial charge in [0.15, 0.2) is 0 Å². The molecule has 0 saturated heterocycles. The number of rotatable bonds is 19. The monoisotopic (exact) mass is 504 g/mol. The van der Waals surface area contributed by atoms with Gasteiger partial charge in [-0.3, -0.25) is 39.6 Å². The van der Waals surface area contributed by atoms with Gasteiger partial charge in [0, 0.05) is 58.8 Å². The van der Waals surface area contributed by atoms with Gasteiger partial charge in [0.1, 0.15) is 0 Å². The molecule has 35 heavy (non-hydrogen) atoms. The maximum atomic E-state index is 11.9. The van der Waals surface area contributed by atoms with E-state index in [0.717, 1.165) is 0 Å². The average Bonchev–Trinajstić information content (AvgIpc) is 2.83. The van der Waals surface area contributed by atoms with Crippen molar-refractivity contribution in [3.8, 4) is 0 Å². The van der Waals surface area contributed by atoms with E-state index in [1.54, 1.807) is 0 Å². The highest BCUT2D eigenvalue weighted by molar-refractivity contribution is 5.83. The second kappa shape index (κ2) is 19.5. The zero-order chi connectivity index (χ0) is 26.6. The molecule has 0 heterocycles. The van der Waals surface area contributed by atoms with E-state index in [1.165, 1.54) is 6.92 Å². The number of hydrogen-bond donors (Lipinski definition) is 6. The van der Waals surface area contributed by atoms with Crippen molar-refractivity contribution in [2.24, 2.45) is 5.73 Å². The van der Waals surface area contributed by atoms with Crippen molar-refractivity contribution in [2.75, 3.05) is 39.3 Å². The van der Waals surface area contributed by atoms with Crippen LogP contribution in [0.5, 0.6) is 0 Å². The molecule has 0 fully saturated rings. The van der Waals surface area contributed by atoms with Crippen LogP contribution in [0.4, 0.5) is 0 Å². The Morgan fingerprint density at radius 1 is 0.629 bits per heavy atom. The smallest absolute Gasteiger partial charge is 0.246 e. The Labute approximate surface area is 205 Å². The Bertz CT molecular complexity index is 678. The molecular weight excluding hydrogens is 464 g/mol. The summed E-state index contributed by atoms with van der Waals surface area (Å²) >= 11 is 0. The first-order valence-electron chi connectivity index (χ1n) is 11.8. The highest BCUT2D eigenvalue weighted by Gasteiger charge is 2.14. The molecule has 202 valence electrons. The number of carbonyl (C=O) groups is 5. The lowest BCUT2D eigenvalue weighted by atomic mass is 10.2. The van der Waals surface area contributed by atoms with Crippen molar-refractivity contribution in [3.63, 3.8) is 0 Å². The first-order chi connectivity index (χ1) is 16.6. The fourth-order valence-corrected chi connectivity index (χ4v) is 2.77. The number of nitrogens with two attached hydrogens (primary N) is 1. The predicted octanol–water partition coefficient (Wildman–Crippen LogP) is -0.638. The van der Waals surface area contributed by atoms with Crippen molar-refractivity contribution >= 4 is 29.5 Å². The summed E-state index contributed by atoms with van der Waals surface area (Å²) < 4.78 is 0. The number of nitrogens with zero attached hydrogens (tertiary/aromatic N) is 3. The van der Waals surface area contributed by atoms with E-state index in [9.17, 15) is 39.6 Å². The summed E-state index contributed by atoms with van der Waals surface area (Å²) in [6.07, 6.45) is 2.17. The number of unbranched alkanes of at least 4 members (excludes halogenated alkanes) is 2. The van der Waals surface area contributed by atoms with Gasteiger partial charge >= 0.3 is 0 Å². The molecule has 5 amide bonds. The molecule has 7 N–H and O–H groups in total. The molecular formula is C21H40N6O8. The van der Waals surface area contributed by atoms with Gasteiger partial charge in [0.25, 0.3) is 0 Å². The van der Waals surface area contributed by atoms with Gasteiger partial charge in [0.05, 0.1) is 6.54 Å². The molecule has 14 nitrogen and oxygen atoms in total. The normalized spacial score (nSPS) is 10.4. The topological polar surface area (TPSA) is 206 Å². The Kier molecular flexibility index (Phi) is 17.9. The third kappa shape index (κ3) is 17.3. The molecule has 0 aliphatic heterocycles. The van der Waals surface area contributed by atoms with Gasteiger partial charge < -0.3 is 16.4 Å². The van der Waals surface area contributed by atoms with Crippen LogP contribution in [0.1, 0.15) is 64.7 Å². The van der Waals surface area contributed by atoms with Crippen molar-refractivity contribution < 1.29 is 39.6 Å². The Morgan fingerprint density at radius 3 is 1.57 bits per heavy atom. The largest absolute Gasteiger partial charge is 0.356 e. The molecule has 0 aromatic heterocycles. The van der Waals surface area contributed by atoms with Crippen LogP contribution < -0.4 is 16.4 Å². The number of carbonyl (C=O) groups excluding carboxylic acids is 5. The zero-order valence-electron chi connectivity index (χ0n) is 20.4. The zero-order valence-corrected chi connectivity index (χ0v) is 20.4. The van der Waals surface area contributed by atoms with E-state index in [1.807, 2.05) is 0 Å². The van der Waals surface area contributed by atoms with Crippen LogP contribution in [0, 0.1) is 0 Å². The molecule has 0 unspecified atom stereocenters. The quantitative estimate of drug-likeness (QED) is 0.0750. The molecule has 0 aliphatic rings. The van der Waals surface area contributed by atoms with Gasteiger partial charge in [-0.25, -0.2) is 15.2 Å². The second-order valence-electron chi connectivity index (χ2n) is 7.93. The fraction of sp³-hybridized carbons (Fsp3) is 0.762. The molecule has 14 heteroatoms. The number of hydroxylamine groups is 6. The molecule has 0 saturated carbocycles. The van der Waals surface area contributed by atoms with Crippen molar-refractivity contribution in [1.29, 1.82) is 0 Å². The fourth-order valence-electron chi connectivity index (χ4n) is 2.77. The molecule has 0 aliphatic carbocycles. The predicted molar refractivity (Wildman–Crippen MR) is 123 cm³/mol. The number of nitrogens with one attached hydrogen (secondary N) is 2. The molecule has 0 atom stereocenters. The minimum atomic E-state index is -0.583. The Hall–Kier alpha value is -2.81. The molecule has 0 rings (SSSR count). The Balaban J connectivity index is 3.78. The highest BCUT2D eigenvalue weighted by Crippen LogP contribution is 2.02. The molecule has 0 radical (unpaired) electrons. The molecule has 0 bridgehead atoms. The summed E-state index contributed by atoms with van der Waals surface area (Å²) in [4.78, 5) is 57.8. The maximum absolute atomic E-state index is 11.9. The van der Waals surface area contributed by atoms with Crippen molar-refractivity contribution in [1.82, 2.24) is 25.8 Å². The summed E-state index contributed by atoms with van der Waals surface area (Å²) in [7, 11) is 0. The molecule has 0 aromatic carbocycles. The molecule has 0 aromatic rings. The molecule has 0 spiro atoms. The van der Waals surface area contributed by atoms with Crippen LogP contribution in [0.15, 0.2) is 0 Å².